The van der Waals surface area contributed by atoms with E-state index >= 15 is 0 Å². The number of fused-ring (bicyclic) bond motifs is 1. The van der Waals surface area contributed by atoms with Crippen molar-refractivity contribution in [3.05, 3.63) is 22.6 Å². The molecule has 0 fully saturated rings. The summed E-state index contributed by atoms with van der Waals surface area (Å²) in [5.74, 6) is 0.703. The summed E-state index contributed by atoms with van der Waals surface area (Å²) < 4.78 is 1.60. The van der Waals surface area contributed by atoms with E-state index in [-0.39, 0.29) is 17.4 Å². The zero-order chi connectivity index (χ0) is 13.8. The van der Waals surface area contributed by atoms with Gasteiger partial charge in [-0.1, -0.05) is 25.1 Å². The molecule has 1 amide bonds. The summed E-state index contributed by atoms with van der Waals surface area (Å²) in [6.45, 7) is 3.34. The number of aromatic nitrogens is 2. The monoisotopic (exact) mass is 281 g/mol. The molecule has 0 saturated heterocycles. The van der Waals surface area contributed by atoms with Crippen molar-refractivity contribution >= 4 is 17.7 Å². The molecule has 1 aromatic heterocycles. The zero-order valence-corrected chi connectivity index (χ0v) is 12.2. The molecular formula is C13H19N3O2S. The molecule has 1 atom stereocenters. The number of nitrogens with zero attached hydrogens (tertiary/aromatic N) is 3. The van der Waals surface area contributed by atoms with Gasteiger partial charge in [-0.05, 0) is 6.42 Å². The second-order valence-electron chi connectivity index (χ2n) is 4.80. The van der Waals surface area contributed by atoms with Crippen molar-refractivity contribution in [1.29, 1.82) is 0 Å². The lowest BCUT2D eigenvalue weighted by atomic mass is 10.1. The van der Waals surface area contributed by atoms with Crippen LogP contribution in [0.2, 0.25) is 0 Å². The van der Waals surface area contributed by atoms with Gasteiger partial charge in [0.15, 0.2) is 5.16 Å². The summed E-state index contributed by atoms with van der Waals surface area (Å²) in [6, 6.07) is 1.44. The first-order valence-electron chi connectivity index (χ1n) is 6.57. The molecule has 104 valence electrons. The quantitative estimate of drug-likeness (QED) is 0.779. The molecule has 0 aromatic carbocycles. The molecule has 1 aliphatic heterocycles. The van der Waals surface area contributed by atoms with Crippen LogP contribution in [-0.4, -0.2) is 39.7 Å². The number of rotatable bonds is 4. The fourth-order valence-electron chi connectivity index (χ4n) is 2.12. The van der Waals surface area contributed by atoms with Crippen LogP contribution in [0.25, 0.3) is 0 Å². The van der Waals surface area contributed by atoms with E-state index in [1.807, 2.05) is 7.05 Å². The topological polar surface area (TPSA) is 55.2 Å². The van der Waals surface area contributed by atoms with Gasteiger partial charge in [0.05, 0.1) is 5.92 Å². The predicted molar refractivity (Wildman–Crippen MR) is 75.3 cm³/mol. The van der Waals surface area contributed by atoms with Crippen molar-refractivity contribution in [3.8, 4) is 0 Å². The third-order valence-corrected chi connectivity index (χ3v) is 4.44. The molecule has 1 unspecified atom stereocenters. The molecule has 0 N–H and O–H groups in total. The van der Waals surface area contributed by atoms with Crippen LogP contribution in [-0.2, 0) is 11.3 Å². The van der Waals surface area contributed by atoms with Crippen LogP contribution in [0.5, 0.6) is 0 Å². The Morgan fingerprint density at radius 3 is 3.16 bits per heavy atom. The van der Waals surface area contributed by atoms with Gasteiger partial charge in [-0.15, -0.1) is 0 Å². The maximum Gasteiger partial charge on any atom is 0.254 e. The van der Waals surface area contributed by atoms with Gasteiger partial charge < -0.3 is 4.90 Å². The molecule has 19 heavy (non-hydrogen) atoms. The van der Waals surface area contributed by atoms with Gasteiger partial charge in [0.25, 0.3) is 5.56 Å². The first-order valence-corrected chi connectivity index (χ1v) is 7.55. The molecule has 2 heterocycles. The summed E-state index contributed by atoms with van der Waals surface area (Å²) in [4.78, 5) is 30.0. The largest absolute Gasteiger partial charge is 0.345 e. The van der Waals surface area contributed by atoms with Crippen LogP contribution in [0.1, 0.15) is 19.8 Å². The van der Waals surface area contributed by atoms with Gasteiger partial charge in [-0.2, -0.15) is 0 Å². The summed E-state index contributed by atoms with van der Waals surface area (Å²) in [5.41, 5.74) is -0.0776. The molecule has 2 rings (SSSR count). The minimum atomic E-state index is -0.124. The Balaban J connectivity index is 2.07. The maximum absolute atomic E-state index is 12.3. The number of unbranched alkanes of at least 4 members (excludes halogenated alkanes) is 1. The highest BCUT2D eigenvalue weighted by atomic mass is 32.2. The van der Waals surface area contributed by atoms with Gasteiger partial charge >= 0.3 is 0 Å². The van der Waals surface area contributed by atoms with Crippen molar-refractivity contribution < 1.29 is 4.79 Å². The van der Waals surface area contributed by atoms with Crippen LogP contribution < -0.4 is 5.56 Å². The standard InChI is InChI=1S/C13H19N3O2S/c1-3-4-7-15(2)12(18)10-8-16-11(17)5-6-14-13(16)19-9-10/h5-6,10H,3-4,7-9H2,1-2H3. The zero-order valence-electron chi connectivity index (χ0n) is 11.3. The minimum absolute atomic E-state index is 0.0776. The molecular weight excluding hydrogens is 262 g/mol. The number of carbonyl (C=O) groups is 1. The van der Waals surface area contributed by atoms with E-state index in [2.05, 4.69) is 11.9 Å². The van der Waals surface area contributed by atoms with Gasteiger partial charge in [0.2, 0.25) is 5.91 Å². The smallest absolute Gasteiger partial charge is 0.254 e. The Bertz CT molecular complexity index is 515. The second-order valence-corrected chi connectivity index (χ2v) is 5.78. The molecule has 1 aromatic rings. The molecule has 0 saturated carbocycles. The Morgan fingerprint density at radius 2 is 2.42 bits per heavy atom. The van der Waals surface area contributed by atoms with Crippen LogP contribution in [0, 0.1) is 5.92 Å². The highest BCUT2D eigenvalue weighted by molar-refractivity contribution is 7.99. The summed E-state index contributed by atoms with van der Waals surface area (Å²) >= 11 is 1.48. The van der Waals surface area contributed by atoms with Crippen LogP contribution >= 0.6 is 11.8 Å². The number of hydrogen-bond donors (Lipinski definition) is 0. The van der Waals surface area contributed by atoms with E-state index in [0.29, 0.717) is 17.5 Å². The van der Waals surface area contributed by atoms with E-state index in [1.165, 1.54) is 24.0 Å². The Labute approximate surface area is 117 Å². The van der Waals surface area contributed by atoms with Crippen LogP contribution in [0.4, 0.5) is 0 Å². The third-order valence-electron chi connectivity index (χ3n) is 3.29. The Hall–Kier alpha value is -1.30. The van der Waals surface area contributed by atoms with E-state index in [0.717, 1.165) is 19.4 Å². The Kier molecular flexibility index (Phi) is 4.63. The molecule has 6 heteroatoms. The highest BCUT2D eigenvalue weighted by Gasteiger charge is 2.28. The van der Waals surface area contributed by atoms with Crippen molar-refractivity contribution in [2.75, 3.05) is 19.3 Å². The van der Waals surface area contributed by atoms with E-state index in [1.54, 1.807) is 9.47 Å². The van der Waals surface area contributed by atoms with Crippen molar-refractivity contribution in [1.82, 2.24) is 14.5 Å². The van der Waals surface area contributed by atoms with Gasteiger partial charge in [0, 0.05) is 38.2 Å². The first kappa shape index (κ1) is 14.1. The maximum atomic E-state index is 12.3. The lowest BCUT2D eigenvalue weighted by Crippen LogP contribution is -2.40. The van der Waals surface area contributed by atoms with Crippen molar-refractivity contribution in [3.63, 3.8) is 0 Å². The van der Waals surface area contributed by atoms with Crippen LogP contribution in [0.3, 0.4) is 0 Å². The Morgan fingerprint density at radius 1 is 1.63 bits per heavy atom. The number of carbonyl (C=O) groups excluding carboxylic acids is 1. The summed E-state index contributed by atoms with van der Waals surface area (Å²) in [6.07, 6.45) is 3.61. The second kappa shape index (κ2) is 6.23. The number of hydrogen-bond acceptors (Lipinski definition) is 4. The first-order chi connectivity index (χ1) is 9.13. The lowest BCUT2D eigenvalue weighted by molar-refractivity contribution is -0.134. The fourth-order valence-corrected chi connectivity index (χ4v) is 3.17. The number of amides is 1. The van der Waals surface area contributed by atoms with Crippen LogP contribution in [0.15, 0.2) is 22.2 Å². The average Bonchev–Trinajstić information content (AvgIpc) is 2.44. The van der Waals surface area contributed by atoms with E-state index in [9.17, 15) is 9.59 Å². The molecule has 5 nitrogen and oxygen atoms in total. The highest BCUT2D eigenvalue weighted by Crippen LogP contribution is 2.25. The lowest BCUT2D eigenvalue weighted by Gasteiger charge is -2.27. The van der Waals surface area contributed by atoms with Crippen molar-refractivity contribution in [2.45, 2.75) is 31.5 Å². The summed E-state index contributed by atoms with van der Waals surface area (Å²) in [7, 11) is 1.84. The molecule has 0 aliphatic carbocycles. The van der Waals surface area contributed by atoms with E-state index < -0.39 is 0 Å². The third kappa shape index (κ3) is 3.18. The van der Waals surface area contributed by atoms with Gasteiger partial charge in [0.1, 0.15) is 0 Å². The van der Waals surface area contributed by atoms with Gasteiger partial charge in [-0.3, -0.25) is 14.2 Å². The van der Waals surface area contributed by atoms with E-state index in [4.69, 9.17) is 0 Å². The fraction of sp³-hybridized carbons (Fsp3) is 0.615. The average molecular weight is 281 g/mol. The predicted octanol–water partition coefficient (Wildman–Crippen LogP) is 1.22. The molecule has 0 radical (unpaired) electrons. The SMILES string of the molecule is CCCCN(C)C(=O)C1CSc2nccc(=O)n2C1. The van der Waals surface area contributed by atoms with Crippen molar-refractivity contribution in [2.24, 2.45) is 5.92 Å². The molecule has 0 spiro atoms. The molecule has 1 aliphatic rings. The normalized spacial score (nSPS) is 17.9. The van der Waals surface area contributed by atoms with Gasteiger partial charge in [-0.25, -0.2) is 4.98 Å². The molecule has 0 bridgehead atoms. The minimum Gasteiger partial charge on any atom is -0.345 e. The summed E-state index contributed by atoms with van der Waals surface area (Å²) in [5, 5.41) is 0.716. The number of thioether (sulfide) groups is 1.